The molecule has 0 unspecified atom stereocenters. The number of anilines is 2. The van der Waals surface area contributed by atoms with Gasteiger partial charge in [-0.2, -0.15) is 0 Å². The van der Waals surface area contributed by atoms with Crippen LogP contribution in [0.15, 0.2) is 48.5 Å². The van der Waals surface area contributed by atoms with Crippen LogP contribution in [0.25, 0.3) is 11.1 Å². The van der Waals surface area contributed by atoms with Gasteiger partial charge in [-0.1, -0.05) is 24.3 Å². The molecule has 2 rings (SSSR count). The average molecular weight is 330 g/mol. The van der Waals surface area contributed by atoms with Crippen LogP contribution in [0.3, 0.4) is 0 Å². The molecule has 0 aliphatic carbocycles. The van der Waals surface area contributed by atoms with Gasteiger partial charge in [0, 0.05) is 11.4 Å². The Morgan fingerprint density at radius 3 is 0.889 bits per heavy atom. The summed E-state index contributed by atoms with van der Waals surface area (Å²) in [4.78, 5) is 0. The second-order valence-corrected chi connectivity index (χ2v) is 3.24. The fraction of sp³-hybridized carbons (Fsp3) is 0. The van der Waals surface area contributed by atoms with Crippen LogP contribution >= 0.6 is 49.6 Å². The predicted molar refractivity (Wildman–Crippen MR) is 89.7 cm³/mol. The minimum Gasteiger partial charge on any atom is -0.399 e. The average Bonchev–Trinajstić information content (AvgIpc) is 2.21. The summed E-state index contributed by atoms with van der Waals surface area (Å²) in [6, 6.07) is 15.6. The SMILES string of the molecule is Cl.Cl.Cl.Cl.Nc1ccc(-c2ccc(N)cc2)cc1. The third kappa shape index (κ3) is 5.69. The van der Waals surface area contributed by atoms with Gasteiger partial charge in [-0.15, -0.1) is 49.6 Å². The Morgan fingerprint density at radius 1 is 0.444 bits per heavy atom. The van der Waals surface area contributed by atoms with Crippen LogP contribution in [0, 0.1) is 0 Å². The van der Waals surface area contributed by atoms with Gasteiger partial charge >= 0.3 is 0 Å². The largest absolute Gasteiger partial charge is 0.399 e. The van der Waals surface area contributed by atoms with Crippen LogP contribution in [0.5, 0.6) is 0 Å². The number of benzene rings is 2. The summed E-state index contributed by atoms with van der Waals surface area (Å²) in [5, 5.41) is 0. The summed E-state index contributed by atoms with van der Waals surface area (Å²) in [6.45, 7) is 0. The van der Waals surface area contributed by atoms with Gasteiger partial charge in [0.2, 0.25) is 0 Å². The van der Waals surface area contributed by atoms with E-state index in [0.717, 1.165) is 22.5 Å². The third-order valence-electron chi connectivity index (χ3n) is 2.15. The van der Waals surface area contributed by atoms with Gasteiger partial charge in [-0.3, -0.25) is 0 Å². The van der Waals surface area contributed by atoms with E-state index in [1.165, 1.54) is 0 Å². The lowest BCUT2D eigenvalue weighted by atomic mass is 10.1. The lowest BCUT2D eigenvalue weighted by Crippen LogP contribution is -1.85. The molecule has 0 bridgehead atoms. The number of hydrogen-bond acceptors (Lipinski definition) is 2. The van der Waals surface area contributed by atoms with Gasteiger partial charge in [-0.25, -0.2) is 0 Å². The van der Waals surface area contributed by atoms with E-state index in [1.54, 1.807) is 0 Å². The molecule has 4 N–H and O–H groups in total. The molecule has 2 aromatic rings. The van der Waals surface area contributed by atoms with Crippen LogP contribution in [0.1, 0.15) is 0 Å². The number of halogens is 4. The maximum absolute atomic E-state index is 5.61. The van der Waals surface area contributed by atoms with E-state index in [2.05, 4.69) is 0 Å². The summed E-state index contributed by atoms with van der Waals surface area (Å²) in [5.74, 6) is 0. The highest BCUT2D eigenvalue weighted by atomic mass is 35.5. The van der Waals surface area contributed by atoms with Crippen molar-refractivity contribution >= 4 is 61.0 Å². The minimum absolute atomic E-state index is 0. The molecular weight excluding hydrogens is 314 g/mol. The molecular formula is C12H16Cl4N2. The molecule has 2 nitrogen and oxygen atoms in total. The molecule has 0 aliphatic rings. The molecule has 0 amide bonds. The zero-order valence-electron chi connectivity index (χ0n) is 9.41. The van der Waals surface area contributed by atoms with Crippen molar-refractivity contribution in [3.05, 3.63) is 48.5 Å². The minimum atomic E-state index is 0. The summed E-state index contributed by atoms with van der Waals surface area (Å²) < 4.78 is 0. The second-order valence-electron chi connectivity index (χ2n) is 3.24. The van der Waals surface area contributed by atoms with Crippen LogP contribution in [-0.4, -0.2) is 0 Å². The molecule has 0 aliphatic heterocycles. The molecule has 0 heterocycles. The first-order valence-corrected chi connectivity index (χ1v) is 4.47. The highest BCUT2D eigenvalue weighted by Crippen LogP contribution is 2.21. The Balaban J connectivity index is -0.000000562. The fourth-order valence-corrected chi connectivity index (χ4v) is 1.35. The van der Waals surface area contributed by atoms with Crippen molar-refractivity contribution in [2.45, 2.75) is 0 Å². The van der Waals surface area contributed by atoms with Crippen LogP contribution in [0.2, 0.25) is 0 Å². The lowest BCUT2D eigenvalue weighted by molar-refractivity contribution is 1.61. The normalized spacial score (nSPS) is 7.78. The summed E-state index contributed by atoms with van der Waals surface area (Å²) in [5.41, 5.74) is 15.1. The van der Waals surface area contributed by atoms with Crippen molar-refractivity contribution in [1.82, 2.24) is 0 Å². The smallest absolute Gasteiger partial charge is 0.0314 e. The van der Waals surface area contributed by atoms with Gasteiger partial charge in [0.25, 0.3) is 0 Å². The monoisotopic (exact) mass is 328 g/mol. The van der Waals surface area contributed by atoms with Crippen LogP contribution < -0.4 is 11.5 Å². The molecule has 2 aromatic carbocycles. The van der Waals surface area contributed by atoms with Crippen molar-refractivity contribution in [3.63, 3.8) is 0 Å². The van der Waals surface area contributed by atoms with Gasteiger partial charge in [0.1, 0.15) is 0 Å². The molecule has 0 aromatic heterocycles. The van der Waals surface area contributed by atoms with Gasteiger partial charge in [0.15, 0.2) is 0 Å². The molecule has 0 fully saturated rings. The van der Waals surface area contributed by atoms with E-state index in [0.29, 0.717) is 0 Å². The zero-order chi connectivity index (χ0) is 9.97. The molecule has 0 spiro atoms. The van der Waals surface area contributed by atoms with E-state index < -0.39 is 0 Å². The predicted octanol–water partition coefficient (Wildman–Crippen LogP) is 4.21. The first kappa shape index (κ1) is 22.4. The van der Waals surface area contributed by atoms with E-state index >= 15 is 0 Å². The van der Waals surface area contributed by atoms with E-state index in [9.17, 15) is 0 Å². The Kier molecular flexibility index (Phi) is 12.6. The zero-order valence-corrected chi connectivity index (χ0v) is 12.7. The molecule has 18 heavy (non-hydrogen) atoms. The highest BCUT2D eigenvalue weighted by molar-refractivity contribution is 5.86. The maximum Gasteiger partial charge on any atom is 0.0314 e. The summed E-state index contributed by atoms with van der Waals surface area (Å²) in [7, 11) is 0. The Morgan fingerprint density at radius 2 is 0.667 bits per heavy atom. The van der Waals surface area contributed by atoms with Crippen molar-refractivity contribution in [1.29, 1.82) is 0 Å². The second kappa shape index (κ2) is 10.2. The van der Waals surface area contributed by atoms with Crippen LogP contribution in [-0.2, 0) is 0 Å². The van der Waals surface area contributed by atoms with E-state index in [4.69, 9.17) is 11.5 Å². The van der Waals surface area contributed by atoms with Crippen LogP contribution in [0.4, 0.5) is 11.4 Å². The topological polar surface area (TPSA) is 52.0 Å². The first-order chi connectivity index (χ1) is 6.75. The number of hydrogen-bond donors (Lipinski definition) is 2. The molecule has 0 radical (unpaired) electrons. The molecule has 0 saturated heterocycles. The van der Waals surface area contributed by atoms with E-state index in [-0.39, 0.29) is 49.6 Å². The van der Waals surface area contributed by atoms with Gasteiger partial charge < -0.3 is 11.5 Å². The quantitative estimate of drug-likeness (QED) is 0.770. The number of nitrogens with two attached hydrogens (primary N) is 2. The molecule has 0 saturated carbocycles. The molecule has 6 heteroatoms. The van der Waals surface area contributed by atoms with Crippen molar-refractivity contribution < 1.29 is 0 Å². The van der Waals surface area contributed by atoms with Gasteiger partial charge in [0.05, 0.1) is 0 Å². The van der Waals surface area contributed by atoms with E-state index in [1.807, 2.05) is 48.5 Å². The Hall–Kier alpha value is -0.800. The number of rotatable bonds is 1. The van der Waals surface area contributed by atoms with Gasteiger partial charge in [-0.05, 0) is 35.4 Å². The summed E-state index contributed by atoms with van der Waals surface area (Å²) in [6.07, 6.45) is 0. The van der Waals surface area contributed by atoms with Crippen molar-refractivity contribution in [3.8, 4) is 11.1 Å². The summed E-state index contributed by atoms with van der Waals surface area (Å²) >= 11 is 0. The Labute approximate surface area is 132 Å². The van der Waals surface area contributed by atoms with Crippen molar-refractivity contribution in [2.75, 3.05) is 11.5 Å². The fourth-order valence-electron chi connectivity index (χ4n) is 1.35. The maximum atomic E-state index is 5.61. The molecule has 0 atom stereocenters. The lowest BCUT2D eigenvalue weighted by Gasteiger charge is -2.02. The highest BCUT2D eigenvalue weighted by Gasteiger charge is 1.95. The Bertz CT molecular complexity index is 385. The molecule has 102 valence electrons. The standard InChI is InChI=1S/C12H12N2.4ClH/c13-11-5-1-9(2-6-11)10-3-7-12(14)8-4-10;;;;/h1-8H,13-14H2;4*1H. The third-order valence-corrected chi connectivity index (χ3v) is 2.15. The number of nitrogen functional groups attached to an aromatic ring is 2. The first-order valence-electron chi connectivity index (χ1n) is 4.47. The van der Waals surface area contributed by atoms with Crippen molar-refractivity contribution in [2.24, 2.45) is 0 Å².